The highest BCUT2D eigenvalue weighted by Gasteiger charge is 2.15. The Hall–Kier alpha value is -1.89. The summed E-state index contributed by atoms with van der Waals surface area (Å²) >= 11 is 3.13. The zero-order valence-corrected chi connectivity index (χ0v) is 15.5. The number of fused-ring (bicyclic) bond motifs is 2. The summed E-state index contributed by atoms with van der Waals surface area (Å²) in [5.41, 5.74) is 0. The Morgan fingerprint density at radius 3 is 1.62 bits per heavy atom. The fraction of sp³-hybridized carbons (Fsp3) is 0.111. The van der Waals surface area contributed by atoms with Gasteiger partial charge in [-0.05, 0) is 59.3 Å². The Kier molecular flexibility index (Phi) is 4.04. The van der Waals surface area contributed by atoms with Gasteiger partial charge in [0.25, 0.3) is 0 Å². The first kappa shape index (κ1) is 15.6. The van der Waals surface area contributed by atoms with Gasteiger partial charge in [-0.3, -0.25) is 0 Å². The lowest BCUT2D eigenvalue weighted by Gasteiger charge is -1.97. The lowest BCUT2D eigenvalue weighted by Crippen LogP contribution is -1.84. The zero-order valence-electron chi connectivity index (χ0n) is 13.1. The van der Waals surface area contributed by atoms with Crippen molar-refractivity contribution in [1.29, 1.82) is 0 Å². The molecule has 0 aliphatic carbocycles. The van der Waals surface area contributed by atoms with Crippen LogP contribution in [-0.4, -0.2) is 18.4 Å². The summed E-state index contributed by atoms with van der Waals surface area (Å²) in [4.78, 5) is 0. The van der Waals surface area contributed by atoms with Crippen LogP contribution < -0.4 is 9.47 Å². The van der Waals surface area contributed by atoms with E-state index >= 15 is 0 Å². The minimum Gasteiger partial charge on any atom is -0.497 e. The number of methoxy groups -OCH3 is 2. The molecule has 2 aromatic heterocycles. The Morgan fingerprint density at radius 2 is 1.21 bits per heavy atom. The molecule has 0 saturated carbocycles. The maximum atomic E-state index is 13.0. The van der Waals surface area contributed by atoms with E-state index in [0.717, 1.165) is 40.1 Å². The molecule has 0 unspecified atom stereocenters. The largest absolute Gasteiger partial charge is 0.497 e. The Morgan fingerprint density at radius 1 is 0.750 bits per heavy atom. The van der Waals surface area contributed by atoms with Crippen LogP contribution in [0, 0.1) is 0 Å². The predicted molar refractivity (Wildman–Crippen MR) is 101 cm³/mol. The maximum Gasteiger partial charge on any atom is 0.119 e. The van der Waals surface area contributed by atoms with E-state index in [9.17, 15) is 4.21 Å². The molecule has 0 radical (unpaired) electrons. The van der Waals surface area contributed by atoms with Crippen LogP contribution in [0.15, 0.2) is 56.9 Å². The summed E-state index contributed by atoms with van der Waals surface area (Å²) in [7, 11) is 2.13. The molecule has 0 aliphatic rings. The molecule has 2 aromatic carbocycles. The van der Waals surface area contributed by atoms with Crippen molar-refractivity contribution in [3.8, 4) is 11.5 Å². The standard InChI is InChI=1S/C18H14O3S3/c1-20-13-3-5-15-11(7-13)9-17(22-15)24(19)18-10-12-8-14(21-2)4-6-16(12)23-18/h3-10H,1-2H3. The monoisotopic (exact) mass is 374 g/mol. The van der Waals surface area contributed by atoms with Crippen molar-refractivity contribution in [3.05, 3.63) is 48.5 Å². The normalized spacial score (nSPS) is 11.5. The van der Waals surface area contributed by atoms with Crippen LogP contribution in [0.5, 0.6) is 11.5 Å². The van der Waals surface area contributed by atoms with Gasteiger partial charge in [0.15, 0.2) is 0 Å². The molecule has 0 N–H and O–H groups in total. The van der Waals surface area contributed by atoms with Gasteiger partial charge in [-0.25, -0.2) is 4.21 Å². The zero-order chi connectivity index (χ0) is 16.7. The molecule has 0 saturated heterocycles. The molecule has 0 fully saturated rings. The first-order valence-corrected chi connectivity index (χ1v) is 10.0. The summed E-state index contributed by atoms with van der Waals surface area (Å²) in [6.07, 6.45) is 0. The van der Waals surface area contributed by atoms with E-state index in [2.05, 4.69) is 0 Å². The summed E-state index contributed by atoms with van der Waals surface area (Å²) in [6, 6.07) is 15.8. The molecule has 6 heteroatoms. The second kappa shape index (κ2) is 6.20. The van der Waals surface area contributed by atoms with Crippen LogP contribution >= 0.6 is 22.7 Å². The summed E-state index contributed by atoms with van der Waals surface area (Å²) in [5, 5.41) is 2.12. The molecular formula is C18H14O3S3. The van der Waals surface area contributed by atoms with Crippen molar-refractivity contribution in [1.82, 2.24) is 0 Å². The van der Waals surface area contributed by atoms with Gasteiger partial charge in [0.1, 0.15) is 22.3 Å². The predicted octanol–water partition coefficient (Wildman–Crippen LogP) is 5.30. The fourth-order valence-electron chi connectivity index (χ4n) is 2.53. The second-order valence-corrected chi connectivity index (χ2v) is 9.31. The van der Waals surface area contributed by atoms with Crippen molar-refractivity contribution in [2.45, 2.75) is 8.42 Å². The maximum absolute atomic E-state index is 13.0. The molecule has 0 spiro atoms. The number of ether oxygens (including phenoxy) is 2. The van der Waals surface area contributed by atoms with E-state index in [-0.39, 0.29) is 0 Å². The van der Waals surface area contributed by atoms with Crippen molar-refractivity contribution < 1.29 is 13.7 Å². The lowest BCUT2D eigenvalue weighted by molar-refractivity contribution is 0.415. The van der Waals surface area contributed by atoms with E-state index in [1.165, 1.54) is 0 Å². The molecule has 0 atom stereocenters. The number of benzene rings is 2. The van der Waals surface area contributed by atoms with Gasteiger partial charge in [-0.1, -0.05) is 0 Å². The summed E-state index contributed by atoms with van der Waals surface area (Å²) in [5.74, 6) is 1.62. The highest BCUT2D eigenvalue weighted by Crippen LogP contribution is 2.37. The lowest BCUT2D eigenvalue weighted by atomic mass is 10.2. The molecule has 24 heavy (non-hydrogen) atoms. The van der Waals surface area contributed by atoms with Gasteiger partial charge in [-0.15, -0.1) is 22.7 Å². The molecular weight excluding hydrogens is 360 g/mol. The summed E-state index contributed by atoms with van der Waals surface area (Å²) in [6.45, 7) is 0. The van der Waals surface area contributed by atoms with Crippen LogP contribution in [-0.2, 0) is 10.8 Å². The van der Waals surface area contributed by atoms with Gasteiger partial charge in [-0.2, -0.15) is 0 Å². The third-order valence-corrected chi connectivity index (χ3v) is 7.96. The smallest absolute Gasteiger partial charge is 0.119 e. The van der Waals surface area contributed by atoms with Crippen molar-refractivity contribution in [2.24, 2.45) is 0 Å². The van der Waals surface area contributed by atoms with Crippen molar-refractivity contribution in [3.63, 3.8) is 0 Å². The van der Waals surface area contributed by atoms with E-state index in [1.807, 2.05) is 48.5 Å². The molecule has 0 bridgehead atoms. The number of rotatable bonds is 4. The van der Waals surface area contributed by atoms with Crippen LogP contribution in [0.3, 0.4) is 0 Å². The first-order chi connectivity index (χ1) is 11.7. The van der Waals surface area contributed by atoms with E-state index in [0.29, 0.717) is 0 Å². The third kappa shape index (κ3) is 2.70. The molecule has 4 rings (SSSR count). The summed E-state index contributed by atoms with van der Waals surface area (Å²) < 4.78 is 27.4. The highest BCUT2D eigenvalue weighted by atomic mass is 32.2. The SMILES string of the molecule is COc1ccc2sc(S(=O)c3cc4cc(OC)ccc4s3)cc2c1. The molecule has 0 amide bonds. The Bertz CT molecular complexity index is 978. The third-order valence-electron chi connectivity index (χ3n) is 3.77. The average molecular weight is 375 g/mol. The van der Waals surface area contributed by atoms with Gasteiger partial charge in [0.05, 0.1) is 22.6 Å². The van der Waals surface area contributed by atoms with Gasteiger partial charge >= 0.3 is 0 Å². The fourth-order valence-corrected chi connectivity index (χ4v) is 6.59. The number of hydrogen-bond donors (Lipinski definition) is 0. The number of thiophene rings is 2. The number of hydrogen-bond acceptors (Lipinski definition) is 5. The van der Waals surface area contributed by atoms with E-state index in [1.54, 1.807) is 36.9 Å². The van der Waals surface area contributed by atoms with Crippen molar-refractivity contribution >= 4 is 53.6 Å². The van der Waals surface area contributed by atoms with E-state index < -0.39 is 10.8 Å². The van der Waals surface area contributed by atoms with Crippen LogP contribution in [0.2, 0.25) is 0 Å². The van der Waals surface area contributed by atoms with Crippen molar-refractivity contribution in [2.75, 3.05) is 14.2 Å². The quantitative estimate of drug-likeness (QED) is 0.486. The second-order valence-electron chi connectivity index (χ2n) is 5.21. The van der Waals surface area contributed by atoms with Crippen LogP contribution in [0.25, 0.3) is 20.2 Å². The van der Waals surface area contributed by atoms with Gasteiger partial charge < -0.3 is 9.47 Å². The van der Waals surface area contributed by atoms with E-state index in [4.69, 9.17) is 9.47 Å². The molecule has 3 nitrogen and oxygen atoms in total. The molecule has 122 valence electrons. The Labute approximate surface area is 149 Å². The Balaban J connectivity index is 1.75. The molecule has 2 heterocycles. The molecule has 4 aromatic rings. The topological polar surface area (TPSA) is 35.5 Å². The minimum atomic E-state index is -1.17. The minimum absolute atomic E-state index is 0.812. The van der Waals surface area contributed by atoms with Gasteiger partial charge in [0.2, 0.25) is 0 Å². The van der Waals surface area contributed by atoms with Crippen LogP contribution in [0.4, 0.5) is 0 Å². The average Bonchev–Trinajstić information content (AvgIpc) is 3.23. The van der Waals surface area contributed by atoms with Crippen LogP contribution in [0.1, 0.15) is 0 Å². The molecule has 0 aliphatic heterocycles. The van der Waals surface area contributed by atoms with Gasteiger partial charge in [0, 0.05) is 9.40 Å². The highest BCUT2D eigenvalue weighted by molar-refractivity contribution is 7.89. The first-order valence-electron chi connectivity index (χ1n) is 7.25.